The zero-order chi connectivity index (χ0) is 11.1. The lowest BCUT2D eigenvalue weighted by atomic mass is 9.88. The largest absolute Gasteiger partial charge is 0.422 e. The predicted octanol–water partition coefficient (Wildman–Crippen LogP) is 1.77. The standard InChI is InChI=1S/C11H16O4/c1-10(2)8(12)14-11(15-9(10)13)6-4-3-5-7-11/h3-7H2,1-2H3. The average Bonchev–Trinajstić information content (AvgIpc) is 2.16. The second kappa shape index (κ2) is 3.22. The van der Waals surface area contributed by atoms with Gasteiger partial charge in [-0.15, -0.1) is 0 Å². The minimum absolute atomic E-state index is 0.458. The summed E-state index contributed by atoms with van der Waals surface area (Å²) in [4.78, 5) is 23.4. The van der Waals surface area contributed by atoms with Crippen LogP contribution in [0.2, 0.25) is 0 Å². The molecule has 1 heterocycles. The van der Waals surface area contributed by atoms with Crippen LogP contribution in [0.25, 0.3) is 0 Å². The van der Waals surface area contributed by atoms with Crippen LogP contribution in [0.4, 0.5) is 0 Å². The van der Waals surface area contributed by atoms with Gasteiger partial charge in [0.05, 0.1) is 0 Å². The molecule has 15 heavy (non-hydrogen) atoms. The van der Waals surface area contributed by atoms with Crippen LogP contribution in [0.1, 0.15) is 46.0 Å². The highest BCUT2D eigenvalue weighted by Gasteiger charge is 2.53. The highest BCUT2D eigenvalue weighted by atomic mass is 16.7. The molecule has 0 N–H and O–H groups in total. The van der Waals surface area contributed by atoms with Crippen molar-refractivity contribution in [1.29, 1.82) is 0 Å². The highest BCUT2D eigenvalue weighted by Crippen LogP contribution is 2.40. The summed E-state index contributed by atoms with van der Waals surface area (Å²) in [7, 11) is 0. The lowest BCUT2D eigenvalue weighted by Crippen LogP contribution is -2.54. The van der Waals surface area contributed by atoms with E-state index in [2.05, 4.69) is 0 Å². The topological polar surface area (TPSA) is 52.6 Å². The Kier molecular flexibility index (Phi) is 2.24. The zero-order valence-electron chi connectivity index (χ0n) is 9.17. The molecule has 4 heteroatoms. The summed E-state index contributed by atoms with van der Waals surface area (Å²) in [5, 5.41) is 0. The summed E-state index contributed by atoms with van der Waals surface area (Å²) in [6.45, 7) is 3.07. The second-order valence-electron chi connectivity index (χ2n) is 4.88. The van der Waals surface area contributed by atoms with Gasteiger partial charge in [0.2, 0.25) is 0 Å². The number of carbonyl (C=O) groups is 2. The van der Waals surface area contributed by atoms with Crippen LogP contribution in [-0.2, 0) is 19.1 Å². The molecular formula is C11H16O4. The summed E-state index contributed by atoms with van der Waals surface area (Å²) < 4.78 is 10.6. The van der Waals surface area contributed by atoms with Crippen molar-refractivity contribution in [3.8, 4) is 0 Å². The molecule has 2 fully saturated rings. The maximum Gasteiger partial charge on any atom is 0.326 e. The van der Waals surface area contributed by atoms with E-state index in [-0.39, 0.29) is 0 Å². The Hall–Kier alpha value is -1.06. The van der Waals surface area contributed by atoms with Crippen molar-refractivity contribution in [2.45, 2.75) is 51.7 Å². The molecule has 1 spiro atoms. The van der Waals surface area contributed by atoms with Gasteiger partial charge in [-0.05, 0) is 26.7 Å². The molecule has 1 saturated heterocycles. The van der Waals surface area contributed by atoms with Gasteiger partial charge in [-0.2, -0.15) is 0 Å². The van der Waals surface area contributed by atoms with Crippen molar-refractivity contribution in [3.05, 3.63) is 0 Å². The van der Waals surface area contributed by atoms with Gasteiger partial charge in [0.1, 0.15) is 0 Å². The molecule has 1 aliphatic carbocycles. The normalized spacial score (nSPS) is 28.4. The van der Waals surface area contributed by atoms with Crippen LogP contribution in [0.3, 0.4) is 0 Å². The van der Waals surface area contributed by atoms with Crippen molar-refractivity contribution < 1.29 is 19.1 Å². The molecule has 0 amide bonds. The third-order valence-electron chi connectivity index (χ3n) is 3.19. The molecule has 1 aliphatic heterocycles. The third kappa shape index (κ3) is 1.62. The van der Waals surface area contributed by atoms with Crippen molar-refractivity contribution in [2.24, 2.45) is 5.41 Å². The first-order valence-corrected chi connectivity index (χ1v) is 5.43. The molecule has 0 aromatic carbocycles. The minimum atomic E-state index is -1.15. The number of hydrogen-bond donors (Lipinski definition) is 0. The Balaban J connectivity index is 2.20. The van der Waals surface area contributed by atoms with Gasteiger partial charge in [0.15, 0.2) is 5.41 Å². The molecule has 0 unspecified atom stereocenters. The molecule has 0 aromatic heterocycles. The Morgan fingerprint density at radius 2 is 1.40 bits per heavy atom. The average molecular weight is 212 g/mol. The maximum absolute atomic E-state index is 11.7. The smallest absolute Gasteiger partial charge is 0.326 e. The van der Waals surface area contributed by atoms with Crippen LogP contribution < -0.4 is 0 Å². The van der Waals surface area contributed by atoms with E-state index in [0.29, 0.717) is 12.8 Å². The van der Waals surface area contributed by atoms with Crippen LogP contribution in [0, 0.1) is 5.41 Å². The van der Waals surface area contributed by atoms with Crippen molar-refractivity contribution >= 4 is 11.9 Å². The summed E-state index contributed by atoms with van der Waals surface area (Å²) >= 11 is 0. The van der Waals surface area contributed by atoms with Crippen LogP contribution >= 0.6 is 0 Å². The van der Waals surface area contributed by atoms with Gasteiger partial charge in [0.25, 0.3) is 5.79 Å². The van der Waals surface area contributed by atoms with Crippen LogP contribution in [0.15, 0.2) is 0 Å². The number of carbonyl (C=O) groups excluding carboxylic acids is 2. The summed E-state index contributed by atoms with van der Waals surface area (Å²) in [5.41, 5.74) is -1.15. The minimum Gasteiger partial charge on any atom is -0.422 e. The fourth-order valence-electron chi connectivity index (χ4n) is 1.99. The van der Waals surface area contributed by atoms with E-state index in [1.165, 1.54) is 13.8 Å². The van der Waals surface area contributed by atoms with Gasteiger partial charge in [-0.25, -0.2) is 0 Å². The molecule has 0 radical (unpaired) electrons. The SMILES string of the molecule is CC1(C)C(=O)OC2(CCCCC2)OC1=O. The Bertz CT molecular complexity index is 278. The molecule has 1 saturated carbocycles. The summed E-state index contributed by atoms with van der Waals surface area (Å²) in [6, 6.07) is 0. The Morgan fingerprint density at radius 1 is 0.933 bits per heavy atom. The van der Waals surface area contributed by atoms with Crippen molar-refractivity contribution in [3.63, 3.8) is 0 Å². The fourth-order valence-corrected chi connectivity index (χ4v) is 1.99. The van der Waals surface area contributed by atoms with Gasteiger partial charge >= 0.3 is 11.9 Å². The fraction of sp³-hybridized carbons (Fsp3) is 0.818. The van der Waals surface area contributed by atoms with E-state index in [4.69, 9.17) is 9.47 Å². The predicted molar refractivity (Wildman–Crippen MR) is 51.8 cm³/mol. The Morgan fingerprint density at radius 3 is 1.87 bits per heavy atom. The zero-order valence-corrected chi connectivity index (χ0v) is 9.17. The van der Waals surface area contributed by atoms with Gasteiger partial charge in [-0.3, -0.25) is 9.59 Å². The summed E-state index contributed by atoms with van der Waals surface area (Å²) in [5.74, 6) is -1.86. The number of hydrogen-bond acceptors (Lipinski definition) is 4. The molecular weight excluding hydrogens is 196 g/mol. The lowest BCUT2D eigenvalue weighted by molar-refractivity contribution is -0.268. The van der Waals surface area contributed by atoms with E-state index in [1.54, 1.807) is 0 Å². The van der Waals surface area contributed by atoms with Gasteiger partial charge < -0.3 is 9.47 Å². The van der Waals surface area contributed by atoms with E-state index >= 15 is 0 Å². The molecule has 0 bridgehead atoms. The van der Waals surface area contributed by atoms with Gasteiger partial charge in [0, 0.05) is 12.8 Å². The first-order chi connectivity index (χ1) is 6.96. The van der Waals surface area contributed by atoms with Crippen molar-refractivity contribution in [2.75, 3.05) is 0 Å². The third-order valence-corrected chi connectivity index (χ3v) is 3.19. The Labute approximate surface area is 88.9 Å². The van der Waals surface area contributed by atoms with Crippen LogP contribution in [0.5, 0.6) is 0 Å². The summed E-state index contributed by atoms with van der Waals surface area (Å²) in [6.07, 6.45) is 4.28. The molecule has 0 atom stereocenters. The van der Waals surface area contributed by atoms with E-state index in [1.807, 2.05) is 0 Å². The number of esters is 2. The molecule has 2 aliphatic rings. The van der Waals surface area contributed by atoms with E-state index in [9.17, 15) is 9.59 Å². The van der Waals surface area contributed by atoms with Gasteiger partial charge in [-0.1, -0.05) is 6.42 Å². The van der Waals surface area contributed by atoms with Crippen molar-refractivity contribution in [1.82, 2.24) is 0 Å². The molecule has 2 rings (SSSR count). The monoisotopic (exact) mass is 212 g/mol. The molecule has 0 aromatic rings. The maximum atomic E-state index is 11.7. The number of ether oxygens (including phenoxy) is 2. The quantitative estimate of drug-likeness (QED) is 0.453. The first-order valence-electron chi connectivity index (χ1n) is 5.43. The highest BCUT2D eigenvalue weighted by molar-refractivity contribution is 6.00. The number of rotatable bonds is 0. The van der Waals surface area contributed by atoms with E-state index < -0.39 is 23.1 Å². The molecule has 4 nitrogen and oxygen atoms in total. The lowest BCUT2D eigenvalue weighted by Gasteiger charge is -2.42. The van der Waals surface area contributed by atoms with Crippen LogP contribution in [-0.4, -0.2) is 17.7 Å². The second-order valence-corrected chi connectivity index (χ2v) is 4.88. The molecule has 84 valence electrons. The first kappa shape index (κ1) is 10.5. The van der Waals surface area contributed by atoms with E-state index in [0.717, 1.165) is 19.3 Å².